The predicted octanol–water partition coefficient (Wildman–Crippen LogP) is 4.90. The van der Waals surface area contributed by atoms with Crippen molar-refractivity contribution >= 4 is 5.97 Å². The molecule has 1 heterocycles. The van der Waals surface area contributed by atoms with Gasteiger partial charge >= 0.3 is 5.97 Å². The highest BCUT2D eigenvalue weighted by Crippen LogP contribution is 2.39. The van der Waals surface area contributed by atoms with Crippen LogP contribution in [-0.4, -0.2) is 20.9 Å². The summed E-state index contributed by atoms with van der Waals surface area (Å²) in [6.07, 6.45) is 11.0. The summed E-state index contributed by atoms with van der Waals surface area (Å²) in [5, 5.41) is 13.8. The second-order valence-electron chi connectivity index (χ2n) is 8.34. The van der Waals surface area contributed by atoms with Crippen LogP contribution < -0.4 is 10.3 Å². The Hall–Kier alpha value is -2.63. The Bertz CT molecular complexity index is 911. The van der Waals surface area contributed by atoms with Crippen molar-refractivity contribution < 1.29 is 14.6 Å². The summed E-state index contributed by atoms with van der Waals surface area (Å²) in [7, 11) is 0. The lowest BCUT2D eigenvalue weighted by Gasteiger charge is -2.19. The Balaban J connectivity index is 1.54. The van der Waals surface area contributed by atoms with Gasteiger partial charge in [-0.1, -0.05) is 56.7 Å². The molecule has 1 unspecified atom stereocenters. The molecule has 1 aromatic carbocycles. The monoisotopic (exact) mass is 396 g/mol. The summed E-state index contributed by atoms with van der Waals surface area (Å²) in [6.45, 7) is 0. The molecular formula is C23H28N2O4. The molecule has 0 amide bonds. The molecule has 2 aliphatic rings. The molecule has 6 nitrogen and oxygen atoms in total. The van der Waals surface area contributed by atoms with Crippen molar-refractivity contribution in [3.63, 3.8) is 0 Å². The van der Waals surface area contributed by atoms with Crippen LogP contribution in [0.1, 0.15) is 75.3 Å². The van der Waals surface area contributed by atoms with Gasteiger partial charge < -0.3 is 9.84 Å². The van der Waals surface area contributed by atoms with E-state index in [4.69, 9.17) is 4.74 Å². The van der Waals surface area contributed by atoms with Crippen LogP contribution in [0.2, 0.25) is 0 Å². The maximum Gasteiger partial charge on any atom is 0.328 e. The maximum absolute atomic E-state index is 12.6. The standard InChI is InChI=1S/C23H28N2O4/c26-22-14-18(29-21-12-6-5-11-19(21)17-9-3-4-10-17)15-24-25(22)20(23(27)28)13-16-7-1-2-8-16/h5-6,11-12,14-17,20H,1-4,7-10,13H2,(H,27,28). The molecular weight excluding hydrogens is 368 g/mol. The Morgan fingerprint density at radius 2 is 1.83 bits per heavy atom. The highest BCUT2D eigenvalue weighted by atomic mass is 16.5. The van der Waals surface area contributed by atoms with E-state index in [1.165, 1.54) is 30.7 Å². The third-order valence-electron chi connectivity index (χ3n) is 6.35. The Kier molecular flexibility index (Phi) is 5.97. The molecule has 154 valence electrons. The number of aliphatic carboxylic acids is 1. The number of rotatable bonds is 7. The maximum atomic E-state index is 12.6. The van der Waals surface area contributed by atoms with Gasteiger partial charge in [0.15, 0.2) is 11.8 Å². The lowest BCUT2D eigenvalue weighted by atomic mass is 9.97. The molecule has 0 saturated heterocycles. The minimum absolute atomic E-state index is 0.346. The quantitative estimate of drug-likeness (QED) is 0.720. The summed E-state index contributed by atoms with van der Waals surface area (Å²) in [5.74, 6) is 0.925. The van der Waals surface area contributed by atoms with Gasteiger partial charge in [-0.2, -0.15) is 5.10 Å². The van der Waals surface area contributed by atoms with Gasteiger partial charge in [0, 0.05) is 6.07 Å². The van der Waals surface area contributed by atoms with Crippen molar-refractivity contribution in [1.82, 2.24) is 9.78 Å². The summed E-state index contributed by atoms with van der Waals surface area (Å²) in [6, 6.07) is 8.36. The molecule has 4 rings (SSSR count). The first kappa shape index (κ1) is 19.7. The molecule has 2 fully saturated rings. The largest absolute Gasteiger partial charge is 0.480 e. The number of carboxylic acids is 1. The van der Waals surface area contributed by atoms with Crippen LogP contribution >= 0.6 is 0 Å². The molecule has 0 aliphatic heterocycles. The van der Waals surface area contributed by atoms with Gasteiger partial charge in [-0.3, -0.25) is 4.79 Å². The fourth-order valence-corrected chi connectivity index (χ4v) is 4.83. The van der Waals surface area contributed by atoms with Crippen molar-refractivity contribution in [1.29, 1.82) is 0 Å². The molecule has 6 heteroatoms. The van der Waals surface area contributed by atoms with Gasteiger partial charge in [-0.15, -0.1) is 0 Å². The van der Waals surface area contributed by atoms with Gasteiger partial charge in [-0.25, -0.2) is 9.48 Å². The van der Waals surface area contributed by atoms with E-state index in [1.807, 2.05) is 18.2 Å². The Morgan fingerprint density at radius 3 is 2.52 bits per heavy atom. The number of hydrogen-bond donors (Lipinski definition) is 1. The molecule has 0 bridgehead atoms. The second-order valence-corrected chi connectivity index (χ2v) is 8.34. The van der Waals surface area contributed by atoms with Crippen molar-refractivity contribution in [2.45, 2.75) is 69.7 Å². The minimum Gasteiger partial charge on any atom is -0.480 e. The number of para-hydroxylation sites is 1. The minimum atomic E-state index is -1.01. The van der Waals surface area contributed by atoms with Crippen LogP contribution in [0, 0.1) is 5.92 Å². The fourth-order valence-electron chi connectivity index (χ4n) is 4.83. The lowest BCUT2D eigenvalue weighted by Crippen LogP contribution is -2.32. The summed E-state index contributed by atoms with van der Waals surface area (Å²) in [4.78, 5) is 24.4. The van der Waals surface area contributed by atoms with E-state index < -0.39 is 17.6 Å². The molecule has 0 radical (unpaired) electrons. The van der Waals surface area contributed by atoms with E-state index in [2.05, 4.69) is 11.2 Å². The smallest absolute Gasteiger partial charge is 0.328 e. The van der Waals surface area contributed by atoms with Crippen molar-refractivity contribution in [3.8, 4) is 11.5 Å². The van der Waals surface area contributed by atoms with Crippen LogP contribution in [0.25, 0.3) is 0 Å². The normalized spacial score (nSPS) is 18.8. The van der Waals surface area contributed by atoms with Crippen LogP contribution in [0.4, 0.5) is 0 Å². The summed E-state index contributed by atoms with van der Waals surface area (Å²) < 4.78 is 7.10. The second kappa shape index (κ2) is 8.80. The first-order valence-corrected chi connectivity index (χ1v) is 10.7. The zero-order valence-electron chi connectivity index (χ0n) is 16.6. The van der Waals surface area contributed by atoms with Crippen molar-refractivity contribution in [2.75, 3.05) is 0 Å². The van der Waals surface area contributed by atoms with Gasteiger partial charge in [-0.05, 0) is 42.7 Å². The molecule has 2 aromatic rings. The number of aromatic nitrogens is 2. The van der Waals surface area contributed by atoms with Gasteiger partial charge in [0.1, 0.15) is 5.75 Å². The average Bonchev–Trinajstić information content (AvgIpc) is 3.41. The summed E-state index contributed by atoms with van der Waals surface area (Å²) in [5.41, 5.74) is 0.727. The molecule has 29 heavy (non-hydrogen) atoms. The molecule has 2 aliphatic carbocycles. The highest BCUT2D eigenvalue weighted by Gasteiger charge is 2.28. The number of carboxylic acid groups (broad SMARTS) is 1. The molecule has 1 N–H and O–H groups in total. The Labute approximate surface area is 170 Å². The number of carbonyl (C=O) groups is 1. The van der Waals surface area contributed by atoms with E-state index in [0.29, 0.717) is 24.0 Å². The number of benzene rings is 1. The van der Waals surface area contributed by atoms with E-state index in [9.17, 15) is 14.7 Å². The number of ether oxygens (including phenoxy) is 1. The van der Waals surface area contributed by atoms with Crippen LogP contribution in [0.15, 0.2) is 41.3 Å². The van der Waals surface area contributed by atoms with Gasteiger partial charge in [0.2, 0.25) is 0 Å². The lowest BCUT2D eigenvalue weighted by molar-refractivity contribution is -0.142. The fraction of sp³-hybridized carbons (Fsp3) is 0.522. The van der Waals surface area contributed by atoms with Crippen LogP contribution in [0.3, 0.4) is 0 Å². The molecule has 1 aromatic heterocycles. The highest BCUT2D eigenvalue weighted by molar-refractivity contribution is 5.71. The number of nitrogens with zero attached hydrogens (tertiary/aromatic N) is 2. The van der Waals surface area contributed by atoms with Crippen molar-refractivity contribution in [3.05, 3.63) is 52.4 Å². The van der Waals surface area contributed by atoms with Gasteiger partial charge in [0.05, 0.1) is 6.20 Å². The van der Waals surface area contributed by atoms with Crippen LogP contribution in [0.5, 0.6) is 11.5 Å². The Morgan fingerprint density at radius 1 is 1.14 bits per heavy atom. The topological polar surface area (TPSA) is 81.4 Å². The molecule has 2 saturated carbocycles. The number of hydrogen-bond acceptors (Lipinski definition) is 4. The first-order chi connectivity index (χ1) is 14.1. The SMILES string of the molecule is O=C(O)C(CC1CCCC1)n1ncc(Oc2ccccc2C2CCCC2)cc1=O. The molecule has 0 spiro atoms. The van der Waals surface area contributed by atoms with E-state index >= 15 is 0 Å². The third kappa shape index (κ3) is 4.52. The van der Waals surface area contributed by atoms with Gasteiger partial charge in [0.25, 0.3) is 5.56 Å². The zero-order chi connectivity index (χ0) is 20.2. The zero-order valence-corrected chi connectivity index (χ0v) is 16.6. The third-order valence-corrected chi connectivity index (χ3v) is 6.35. The van der Waals surface area contributed by atoms with Crippen molar-refractivity contribution in [2.24, 2.45) is 5.92 Å². The van der Waals surface area contributed by atoms with E-state index in [-0.39, 0.29) is 0 Å². The molecule has 1 atom stereocenters. The first-order valence-electron chi connectivity index (χ1n) is 10.7. The van der Waals surface area contributed by atoms with E-state index in [1.54, 1.807) is 0 Å². The summed E-state index contributed by atoms with van der Waals surface area (Å²) >= 11 is 0. The van der Waals surface area contributed by atoms with E-state index in [0.717, 1.165) is 49.0 Å². The van der Waals surface area contributed by atoms with Crippen LogP contribution in [-0.2, 0) is 4.79 Å². The predicted molar refractivity (Wildman–Crippen MR) is 109 cm³/mol. The average molecular weight is 396 g/mol.